The molecule has 0 unspecified atom stereocenters. The minimum Gasteiger partial charge on any atom is -0.289 e. The molecule has 0 spiro atoms. The van der Waals surface area contributed by atoms with Gasteiger partial charge in [0.15, 0.2) is 0 Å². The molecule has 0 atom stereocenters. The number of rotatable bonds is 5. The molecule has 134 valence electrons. The van der Waals surface area contributed by atoms with Crippen molar-refractivity contribution in [3.05, 3.63) is 65.8 Å². The molecular formula is C17H14ClN3O4S. The highest BCUT2D eigenvalue weighted by Crippen LogP contribution is 2.26. The summed E-state index contributed by atoms with van der Waals surface area (Å²) >= 11 is 5.81. The fourth-order valence-corrected chi connectivity index (χ4v) is 3.94. The van der Waals surface area contributed by atoms with Crippen LogP contribution >= 0.6 is 11.6 Å². The summed E-state index contributed by atoms with van der Waals surface area (Å²) in [5.41, 5.74) is 2.33. The van der Waals surface area contributed by atoms with E-state index in [9.17, 15) is 13.2 Å². The quantitative estimate of drug-likeness (QED) is 0.514. The molecule has 0 saturated carbocycles. The van der Waals surface area contributed by atoms with Gasteiger partial charge in [0.1, 0.15) is 6.54 Å². The predicted molar refractivity (Wildman–Crippen MR) is 97.7 cm³/mol. The number of fused-ring (bicyclic) bond motifs is 1. The van der Waals surface area contributed by atoms with Crippen LogP contribution in [0.15, 0.2) is 65.7 Å². The maximum absolute atomic E-state index is 13.0. The number of hydrogen-bond acceptors (Lipinski definition) is 5. The molecule has 1 aromatic heterocycles. The second kappa shape index (κ2) is 7.28. The number of nitrogens with one attached hydrogen (secondary N) is 1. The fraction of sp³-hybridized carbons (Fsp3) is 0.0588. The van der Waals surface area contributed by atoms with Gasteiger partial charge in [-0.2, -0.15) is 0 Å². The number of nitrogens with zero attached hydrogens (tertiary/aromatic N) is 2. The number of carbonyl (C=O) groups is 1. The van der Waals surface area contributed by atoms with Crippen LogP contribution < -0.4 is 9.79 Å². The lowest BCUT2D eigenvalue weighted by molar-refractivity contribution is -0.127. The Bertz CT molecular complexity index is 1060. The van der Waals surface area contributed by atoms with Crippen LogP contribution in [0.2, 0.25) is 5.02 Å². The van der Waals surface area contributed by atoms with Gasteiger partial charge in [0.05, 0.1) is 22.3 Å². The molecule has 0 radical (unpaired) electrons. The van der Waals surface area contributed by atoms with Crippen molar-refractivity contribution >= 4 is 44.1 Å². The van der Waals surface area contributed by atoms with Gasteiger partial charge in [-0.25, -0.2) is 13.9 Å². The van der Waals surface area contributed by atoms with Crippen LogP contribution in [0.4, 0.5) is 5.69 Å². The molecule has 0 bridgehead atoms. The smallest absolute Gasteiger partial charge is 0.264 e. The maximum atomic E-state index is 13.0. The zero-order valence-corrected chi connectivity index (χ0v) is 14.9. The number of carbonyl (C=O) groups excluding carboxylic acids is 1. The average molecular weight is 392 g/mol. The van der Waals surface area contributed by atoms with E-state index in [2.05, 4.69) is 4.98 Å². The molecular weight excluding hydrogens is 378 g/mol. The number of sulfonamides is 1. The molecule has 1 amide bonds. The Balaban J connectivity index is 2.11. The van der Waals surface area contributed by atoms with Gasteiger partial charge >= 0.3 is 0 Å². The van der Waals surface area contributed by atoms with Crippen molar-refractivity contribution in [2.75, 3.05) is 10.8 Å². The maximum Gasteiger partial charge on any atom is 0.264 e. The monoisotopic (exact) mass is 391 g/mol. The van der Waals surface area contributed by atoms with Crippen LogP contribution in [-0.4, -0.2) is 31.1 Å². The third-order valence-corrected chi connectivity index (χ3v) is 5.72. The summed E-state index contributed by atoms with van der Waals surface area (Å²) in [5, 5.41) is 9.92. The largest absolute Gasteiger partial charge is 0.289 e. The van der Waals surface area contributed by atoms with Crippen molar-refractivity contribution < 1.29 is 18.4 Å². The second-order valence-electron chi connectivity index (χ2n) is 5.39. The molecule has 0 aliphatic rings. The summed E-state index contributed by atoms with van der Waals surface area (Å²) in [7, 11) is -4.08. The molecule has 3 aromatic rings. The number of aromatic nitrogens is 1. The van der Waals surface area contributed by atoms with Gasteiger partial charge in [-0.15, -0.1) is 0 Å². The minimum atomic E-state index is -4.08. The summed E-state index contributed by atoms with van der Waals surface area (Å²) in [5.74, 6) is -0.879. The van der Waals surface area contributed by atoms with Crippen LogP contribution in [0.5, 0.6) is 0 Å². The van der Waals surface area contributed by atoms with E-state index in [1.807, 2.05) is 6.07 Å². The molecule has 0 saturated heterocycles. The van der Waals surface area contributed by atoms with Crippen molar-refractivity contribution in [2.45, 2.75) is 4.90 Å². The molecule has 0 aliphatic heterocycles. The fourth-order valence-electron chi connectivity index (χ4n) is 2.41. The Labute approximate surface area is 154 Å². The summed E-state index contributed by atoms with van der Waals surface area (Å²) in [6.45, 7) is -0.610. The van der Waals surface area contributed by atoms with E-state index in [1.165, 1.54) is 35.9 Å². The van der Waals surface area contributed by atoms with E-state index in [1.54, 1.807) is 24.3 Å². The van der Waals surface area contributed by atoms with Gasteiger partial charge in [0, 0.05) is 10.4 Å². The summed E-state index contributed by atoms with van der Waals surface area (Å²) < 4.78 is 26.9. The SMILES string of the molecule is O=C(CN(c1cnc2ccccc2c1)S(=O)(=O)c1ccc(Cl)cc1)NO. The molecule has 9 heteroatoms. The zero-order valence-electron chi connectivity index (χ0n) is 13.3. The Hall–Kier alpha value is -2.68. The summed E-state index contributed by atoms with van der Waals surface area (Å²) in [4.78, 5) is 15.9. The number of hydroxylamine groups is 1. The average Bonchev–Trinajstić information content (AvgIpc) is 2.65. The van der Waals surface area contributed by atoms with E-state index in [0.717, 1.165) is 4.31 Å². The Morgan fingerprint density at radius 3 is 2.54 bits per heavy atom. The number of amides is 1. The molecule has 0 aliphatic carbocycles. The number of halogens is 1. The molecule has 0 fully saturated rings. The highest BCUT2D eigenvalue weighted by molar-refractivity contribution is 7.92. The predicted octanol–water partition coefficient (Wildman–Crippen LogP) is 2.59. The Morgan fingerprint density at radius 1 is 1.15 bits per heavy atom. The van der Waals surface area contributed by atoms with Crippen LogP contribution in [-0.2, 0) is 14.8 Å². The van der Waals surface area contributed by atoms with E-state index in [0.29, 0.717) is 15.9 Å². The first-order valence-electron chi connectivity index (χ1n) is 7.48. The van der Waals surface area contributed by atoms with Crippen molar-refractivity contribution in [1.82, 2.24) is 10.5 Å². The lowest BCUT2D eigenvalue weighted by Crippen LogP contribution is -2.40. The first kappa shape index (κ1) is 18.1. The lowest BCUT2D eigenvalue weighted by atomic mass is 10.2. The standard InChI is InChI=1S/C17H14ClN3O4S/c18-13-5-7-15(8-6-13)26(24,25)21(11-17(22)20-23)14-9-12-3-1-2-4-16(12)19-10-14/h1-10,23H,11H2,(H,20,22). The van der Waals surface area contributed by atoms with E-state index < -0.39 is 22.5 Å². The summed E-state index contributed by atoms with van der Waals surface area (Å²) in [6.07, 6.45) is 1.36. The minimum absolute atomic E-state index is 0.0409. The van der Waals surface area contributed by atoms with Crippen molar-refractivity contribution in [2.24, 2.45) is 0 Å². The Morgan fingerprint density at radius 2 is 1.85 bits per heavy atom. The van der Waals surface area contributed by atoms with Crippen molar-refractivity contribution in [3.63, 3.8) is 0 Å². The summed E-state index contributed by atoms with van der Waals surface area (Å²) in [6, 6.07) is 14.4. The first-order valence-corrected chi connectivity index (χ1v) is 9.29. The van der Waals surface area contributed by atoms with Crippen LogP contribution in [0, 0.1) is 0 Å². The van der Waals surface area contributed by atoms with Gasteiger partial charge in [0.2, 0.25) is 0 Å². The van der Waals surface area contributed by atoms with E-state index in [-0.39, 0.29) is 10.6 Å². The molecule has 1 heterocycles. The van der Waals surface area contributed by atoms with Crippen LogP contribution in [0.3, 0.4) is 0 Å². The van der Waals surface area contributed by atoms with Crippen molar-refractivity contribution in [3.8, 4) is 0 Å². The highest BCUT2D eigenvalue weighted by atomic mass is 35.5. The van der Waals surface area contributed by atoms with Crippen molar-refractivity contribution in [1.29, 1.82) is 0 Å². The van der Waals surface area contributed by atoms with E-state index in [4.69, 9.17) is 16.8 Å². The van der Waals surface area contributed by atoms with Gasteiger partial charge in [-0.3, -0.25) is 19.3 Å². The number of para-hydroxylation sites is 1. The third-order valence-electron chi connectivity index (χ3n) is 3.68. The van der Waals surface area contributed by atoms with E-state index >= 15 is 0 Å². The van der Waals surface area contributed by atoms with Gasteiger partial charge < -0.3 is 0 Å². The molecule has 3 rings (SSSR count). The Kier molecular flexibility index (Phi) is 5.08. The number of pyridine rings is 1. The van der Waals surface area contributed by atoms with Gasteiger partial charge in [-0.1, -0.05) is 29.8 Å². The first-order chi connectivity index (χ1) is 12.4. The van der Waals surface area contributed by atoms with Gasteiger partial charge in [-0.05, 0) is 36.4 Å². The normalized spacial score (nSPS) is 11.3. The zero-order chi connectivity index (χ0) is 18.7. The highest BCUT2D eigenvalue weighted by Gasteiger charge is 2.27. The van der Waals surface area contributed by atoms with Gasteiger partial charge in [0.25, 0.3) is 15.9 Å². The topological polar surface area (TPSA) is 99.6 Å². The number of anilines is 1. The number of hydrogen-bond donors (Lipinski definition) is 2. The molecule has 7 nitrogen and oxygen atoms in total. The molecule has 26 heavy (non-hydrogen) atoms. The second-order valence-corrected chi connectivity index (χ2v) is 7.69. The van der Waals surface area contributed by atoms with Crippen LogP contribution in [0.25, 0.3) is 10.9 Å². The molecule has 2 aromatic carbocycles. The lowest BCUT2D eigenvalue weighted by Gasteiger charge is -2.23. The third kappa shape index (κ3) is 3.62. The van der Waals surface area contributed by atoms with Crippen LogP contribution in [0.1, 0.15) is 0 Å². The molecule has 2 N–H and O–H groups in total. The number of benzene rings is 2.